The van der Waals surface area contributed by atoms with Gasteiger partial charge in [-0.15, -0.1) is 0 Å². The van der Waals surface area contributed by atoms with Crippen molar-refractivity contribution in [2.75, 3.05) is 55.6 Å². The number of ether oxygens (including phenoxy) is 1. The normalized spacial score (nSPS) is 13.4. The Labute approximate surface area is 299 Å². The summed E-state index contributed by atoms with van der Waals surface area (Å²) in [6.07, 6.45) is 0. The number of amidine groups is 2. The number of halogens is 2. The van der Waals surface area contributed by atoms with Crippen LogP contribution in [0.3, 0.4) is 0 Å². The molecule has 18 nitrogen and oxygen atoms in total. The third kappa shape index (κ3) is 15.4. The number of hydrogen-bond acceptors (Lipinski definition) is 8. The summed E-state index contributed by atoms with van der Waals surface area (Å²) in [5, 5.41) is 7.06. The molecule has 0 aromatic heterocycles. The second-order valence-electron chi connectivity index (χ2n) is 10.1. The third-order valence-corrected chi connectivity index (χ3v) is 6.73. The molecule has 3 aromatic rings. The first-order valence-electron chi connectivity index (χ1n) is 14.9. The van der Waals surface area contributed by atoms with E-state index in [0.29, 0.717) is 52.4 Å². The average molecular weight is 727 g/mol. The Morgan fingerprint density at radius 3 is 1.72 bits per heavy atom. The molecule has 3 rings (SSSR count). The number of aliphatic imine (C=N–C) groups is 6. The molecule has 0 saturated heterocycles. The molecule has 0 saturated carbocycles. The van der Waals surface area contributed by atoms with Gasteiger partial charge in [0.1, 0.15) is 0 Å². The molecule has 50 heavy (non-hydrogen) atoms. The van der Waals surface area contributed by atoms with Gasteiger partial charge in [-0.1, -0.05) is 23.2 Å². The predicted octanol–water partition coefficient (Wildman–Crippen LogP) is 1.14. The molecule has 0 heterocycles. The summed E-state index contributed by atoms with van der Waals surface area (Å²) in [5.41, 5.74) is 40.5. The van der Waals surface area contributed by atoms with E-state index in [1.165, 1.54) is 0 Å². The van der Waals surface area contributed by atoms with Crippen LogP contribution in [-0.2, 0) is 4.74 Å². The van der Waals surface area contributed by atoms with Crippen molar-refractivity contribution in [3.8, 4) is 0 Å². The number of nitrogens with zero attached hydrogens (tertiary/aromatic N) is 7. The Kier molecular flexibility index (Phi) is 15.9. The molecule has 0 aliphatic heterocycles. The van der Waals surface area contributed by atoms with Crippen LogP contribution < -0.4 is 56.3 Å². The van der Waals surface area contributed by atoms with E-state index in [2.05, 4.69) is 46.0 Å². The van der Waals surface area contributed by atoms with Crippen LogP contribution in [-0.4, -0.2) is 80.1 Å². The molecule has 20 heteroatoms. The maximum Gasteiger partial charge on any atom is 0.295 e. The third-order valence-electron chi connectivity index (χ3n) is 6.23. The standard InChI is InChI=1S/C30H41Cl2N17O/c31-19-1-7-23(8-2-19)44-29(38)50-28(37)42-15-18-49(16-13-40-25(34)46-27(36)43-22-11-5-21(33)6-12-22)17-14-41-26(35)47-30(48-39)45-24-9-3-20(32)4-10-24/h1-12H,13-18,33,39H2,(H2,37,42)(H2,38,44)(H5,34,36,40,43,46)(H4,35,41,45,47,48). The van der Waals surface area contributed by atoms with Gasteiger partial charge in [-0.2, -0.15) is 15.0 Å². The molecular weight excluding hydrogens is 685 g/mol. The maximum atomic E-state index is 6.04. The van der Waals surface area contributed by atoms with Crippen LogP contribution in [0.15, 0.2) is 103 Å². The highest BCUT2D eigenvalue weighted by Gasteiger charge is 2.07. The number of nitrogens with two attached hydrogens (primary N) is 7. The lowest BCUT2D eigenvalue weighted by molar-refractivity contribution is 0.297. The van der Waals surface area contributed by atoms with Gasteiger partial charge in [0.15, 0.2) is 0 Å². The Morgan fingerprint density at radius 1 is 0.640 bits per heavy atom. The molecule has 0 fully saturated rings. The van der Waals surface area contributed by atoms with Gasteiger partial charge in [-0.25, -0.2) is 10.8 Å². The number of nitrogens with one attached hydrogen (secondary N) is 3. The summed E-state index contributed by atoms with van der Waals surface area (Å²) >= 11 is 11.8. The minimum atomic E-state index is -0.178. The molecule has 0 atom stereocenters. The molecular formula is C30H41Cl2N17O. The number of guanidine groups is 4. The number of rotatable bonds is 12. The molecule has 0 radical (unpaired) electrons. The molecule has 0 amide bonds. The van der Waals surface area contributed by atoms with Crippen molar-refractivity contribution in [3.05, 3.63) is 82.8 Å². The van der Waals surface area contributed by atoms with Crippen molar-refractivity contribution in [2.24, 2.45) is 64.5 Å². The summed E-state index contributed by atoms with van der Waals surface area (Å²) in [6, 6.07) is 20.3. The molecule has 266 valence electrons. The molecule has 0 aliphatic carbocycles. The summed E-state index contributed by atoms with van der Waals surface area (Å²) in [6.45, 7) is 2.14. The van der Waals surface area contributed by atoms with Gasteiger partial charge in [0.2, 0.25) is 23.8 Å². The number of benzene rings is 3. The van der Waals surface area contributed by atoms with E-state index in [-0.39, 0.29) is 55.5 Å². The fraction of sp³-hybridized carbons (Fsp3) is 0.200. The van der Waals surface area contributed by atoms with E-state index in [0.717, 1.165) is 0 Å². The van der Waals surface area contributed by atoms with Crippen LogP contribution >= 0.6 is 23.2 Å². The van der Waals surface area contributed by atoms with E-state index in [1.54, 1.807) is 72.8 Å². The Hall–Kier alpha value is -5.82. The monoisotopic (exact) mass is 725 g/mol. The van der Waals surface area contributed by atoms with E-state index < -0.39 is 0 Å². The first-order valence-corrected chi connectivity index (χ1v) is 15.7. The topological polar surface area (TPSA) is 305 Å². The molecule has 0 spiro atoms. The lowest BCUT2D eigenvalue weighted by Gasteiger charge is -2.19. The fourth-order valence-electron chi connectivity index (χ4n) is 3.87. The molecule has 3 aromatic carbocycles. The van der Waals surface area contributed by atoms with E-state index in [4.69, 9.17) is 68.2 Å². The number of hydrogen-bond donors (Lipinski definition) is 10. The largest absolute Gasteiger partial charge is 0.399 e. The molecule has 0 unspecified atom stereocenters. The highest BCUT2D eigenvalue weighted by Crippen LogP contribution is 2.16. The Bertz CT molecular complexity index is 1690. The van der Waals surface area contributed by atoms with Gasteiger partial charge in [0.05, 0.1) is 25.3 Å². The van der Waals surface area contributed by atoms with Crippen molar-refractivity contribution < 1.29 is 4.74 Å². The highest BCUT2D eigenvalue weighted by atomic mass is 35.5. The first-order chi connectivity index (χ1) is 24.0. The Morgan fingerprint density at radius 2 is 1.14 bits per heavy atom. The lowest BCUT2D eigenvalue weighted by atomic mass is 10.3. The zero-order valence-corrected chi connectivity index (χ0v) is 28.5. The maximum absolute atomic E-state index is 6.04. The van der Waals surface area contributed by atoms with E-state index in [9.17, 15) is 0 Å². The average Bonchev–Trinajstić information content (AvgIpc) is 3.07. The Balaban J connectivity index is 1.61. The van der Waals surface area contributed by atoms with Crippen molar-refractivity contribution in [1.29, 1.82) is 0 Å². The smallest absolute Gasteiger partial charge is 0.295 e. The summed E-state index contributed by atoms with van der Waals surface area (Å²) < 4.78 is 5.32. The first kappa shape index (κ1) is 38.6. The summed E-state index contributed by atoms with van der Waals surface area (Å²) in [7, 11) is 0. The van der Waals surface area contributed by atoms with Gasteiger partial charge < -0.3 is 49.8 Å². The van der Waals surface area contributed by atoms with Gasteiger partial charge in [0, 0.05) is 46.7 Å². The minimum absolute atomic E-state index is 0.00819. The fourth-order valence-corrected chi connectivity index (χ4v) is 4.12. The zero-order chi connectivity index (χ0) is 36.3. The summed E-state index contributed by atoms with van der Waals surface area (Å²) in [5.74, 6) is 5.83. The quantitative estimate of drug-likeness (QED) is 0.0413. The van der Waals surface area contributed by atoms with Crippen LogP contribution in [0.2, 0.25) is 10.0 Å². The molecule has 0 bridgehead atoms. The van der Waals surface area contributed by atoms with Crippen LogP contribution in [0.4, 0.5) is 22.7 Å². The van der Waals surface area contributed by atoms with E-state index >= 15 is 0 Å². The number of hydrazine groups is 1. The lowest BCUT2D eigenvalue weighted by Crippen LogP contribution is -2.37. The molecule has 0 aliphatic rings. The SMILES string of the molecule is NNC(=NC(N)=NCCN(CCN=C(N)N=C(N)Nc1ccc(N)cc1)CCN=C(N)OC(N)=Nc1ccc(Cl)cc1)Nc1ccc(Cl)cc1. The number of nitrogen functional groups attached to an aromatic ring is 1. The second-order valence-corrected chi connectivity index (χ2v) is 10.9. The zero-order valence-electron chi connectivity index (χ0n) is 27.0. The van der Waals surface area contributed by atoms with Crippen molar-refractivity contribution >= 4 is 81.8 Å². The van der Waals surface area contributed by atoms with Crippen LogP contribution in [0.1, 0.15) is 0 Å². The number of anilines is 3. The summed E-state index contributed by atoms with van der Waals surface area (Å²) in [4.78, 5) is 27.3. The molecule has 17 N–H and O–H groups in total. The van der Waals surface area contributed by atoms with Crippen molar-refractivity contribution in [3.63, 3.8) is 0 Å². The highest BCUT2D eigenvalue weighted by molar-refractivity contribution is 6.31. The van der Waals surface area contributed by atoms with Gasteiger partial charge >= 0.3 is 0 Å². The van der Waals surface area contributed by atoms with Crippen LogP contribution in [0, 0.1) is 0 Å². The second kappa shape index (κ2) is 20.5. The van der Waals surface area contributed by atoms with Crippen LogP contribution in [0.5, 0.6) is 0 Å². The van der Waals surface area contributed by atoms with Crippen molar-refractivity contribution in [1.82, 2.24) is 10.3 Å². The van der Waals surface area contributed by atoms with Gasteiger partial charge in [-0.3, -0.25) is 20.3 Å². The van der Waals surface area contributed by atoms with Gasteiger partial charge in [-0.05, 0) is 72.8 Å². The van der Waals surface area contributed by atoms with Crippen LogP contribution in [0.25, 0.3) is 0 Å². The minimum Gasteiger partial charge on any atom is -0.399 e. The predicted molar refractivity (Wildman–Crippen MR) is 206 cm³/mol. The van der Waals surface area contributed by atoms with E-state index in [1.807, 2.05) is 4.90 Å². The van der Waals surface area contributed by atoms with Gasteiger partial charge in [0.25, 0.3) is 12.0 Å². The van der Waals surface area contributed by atoms with Crippen molar-refractivity contribution in [2.45, 2.75) is 0 Å².